The Hall–Kier alpha value is -1.33. The molecule has 0 aliphatic heterocycles. The lowest BCUT2D eigenvalue weighted by Gasteiger charge is -2.16. The van der Waals surface area contributed by atoms with E-state index in [1.165, 1.54) is 0 Å². The van der Waals surface area contributed by atoms with Crippen molar-refractivity contribution in [1.82, 2.24) is 0 Å². The highest BCUT2D eigenvalue weighted by Crippen LogP contribution is 2.21. The fourth-order valence-corrected chi connectivity index (χ4v) is 2.68. The standard InChI is InChI=1S/C17H23NO2S2/c1-7-13(12-21-6)16(18-22(19)17(2,3)4)14-8-10-15(20-5)11-9-14/h7-12H,1H2,2-6H3/b13-12+,18-16+. The molecule has 120 valence electrons. The van der Waals surface area contributed by atoms with Gasteiger partial charge in [-0.05, 0) is 56.7 Å². The average molecular weight is 338 g/mol. The molecular weight excluding hydrogens is 314 g/mol. The van der Waals surface area contributed by atoms with Crippen molar-refractivity contribution in [2.45, 2.75) is 25.5 Å². The van der Waals surface area contributed by atoms with Crippen LogP contribution in [-0.2, 0) is 11.0 Å². The van der Waals surface area contributed by atoms with E-state index in [4.69, 9.17) is 4.74 Å². The van der Waals surface area contributed by atoms with Crippen molar-refractivity contribution in [2.75, 3.05) is 13.4 Å². The van der Waals surface area contributed by atoms with Gasteiger partial charge in [-0.25, -0.2) is 4.21 Å². The maximum Gasteiger partial charge on any atom is 0.145 e. The second-order valence-electron chi connectivity index (χ2n) is 5.54. The fourth-order valence-electron chi connectivity index (χ4n) is 1.57. The molecule has 0 saturated carbocycles. The van der Waals surface area contributed by atoms with Gasteiger partial charge in [0.25, 0.3) is 0 Å². The molecule has 22 heavy (non-hydrogen) atoms. The molecule has 5 heteroatoms. The Balaban J connectivity index is 3.38. The summed E-state index contributed by atoms with van der Waals surface area (Å²) in [6.07, 6.45) is 3.70. The van der Waals surface area contributed by atoms with Gasteiger partial charge in [-0.2, -0.15) is 4.40 Å². The monoisotopic (exact) mass is 337 g/mol. The molecule has 3 nitrogen and oxygen atoms in total. The van der Waals surface area contributed by atoms with Crippen LogP contribution in [0.5, 0.6) is 5.75 Å². The Labute approximate surface area is 140 Å². The molecule has 0 spiro atoms. The summed E-state index contributed by atoms with van der Waals surface area (Å²) in [5, 5.41) is 1.95. The number of methoxy groups -OCH3 is 1. The minimum Gasteiger partial charge on any atom is -0.497 e. The van der Waals surface area contributed by atoms with Crippen molar-refractivity contribution < 1.29 is 8.95 Å². The van der Waals surface area contributed by atoms with Gasteiger partial charge >= 0.3 is 0 Å². The number of rotatable bonds is 6. The van der Waals surface area contributed by atoms with Gasteiger partial charge in [0.05, 0.1) is 17.6 Å². The van der Waals surface area contributed by atoms with Crippen LogP contribution in [0.2, 0.25) is 0 Å². The third kappa shape index (κ3) is 5.14. The number of hydrogen-bond acceptors (Lipinski definition) is 3. The maximum atomic E-state index is 12.4. The Morgan fingerprint density at radius 2 is 1.91 bits per heavy atom. The highest BCUT2D eigenvalue weighted by atomic mass is 32.2. The molecule has 0 radical (unpaired) electrons. The fraction of sp³-hybridized carbons (Fsp3) is 0.353. The minimum atomic E-state index is -1.34. The predicted molar refractivity (Wildman–Crippen MR) is 99.2 cm³/mol. The Morgan fingerprint density at radius 1 is 1.32 bits per heavy atom. The van der Waals surface area contributed by atoms with E-state index in [-0.39, 0.29) is 0 Å². The van der Waals surface area contributed by atoms with Crippen LogP contribution in [0.4, 0.5) is 0 Å². The number of nitrogens with zero attached hydrogens (tertiary/aromatic N) is 1. The van der Waals surface area contributed by atoms with Gasteiger partial charge in [-0.1, -0.05) is 12.7 Å². The number of thioether (sulfide) groups is 1. The van der Waals surface area contributed by atoms with Crippen molar-refractivity contribution in [2.24, 2.45) is 4.40 Å². The van der Waals surface area contributed by atoms with Gasteiger partial charge in [0.15, 0.2) is 0 Å². The molecule has 0 bridgehead atoms. The number of hydrogen-bond donors (Lipinski definition) is 0. The molecule has 0 saturated heterocycles. The van der Waals surface area contributed by atoms with Crippen molar-refractivity contribution in [3.8, 4) is 5.75 Å². The van der Waals surface area contributed by atoms with E-state index in [1.807, 2.05) is 56.7 Å². The van der Waals surface area contributed by atoms with E-state index in [0.29, 0.717) is 5.71 Å². The predicted octanol–water partition coefficient (Wildman–Crippen LogP) is 4.38. The third-order valence-electron chi connectivity index (χ3n) is 2.80. The Morgan fingerprint density at radius 3 is 2.32 bits per heavy atom. The first kappa shape index (κ1) is 18.7. The lowest BCUT2D eigenvalue weighted by molar-refractivity contribution is 0.415. The van der Waals surface area contributed by atoms with Crippen LogP contribution in [0, 0.1) is 0 Å². The molecular formula is C17H23NO2S2. The topological polar surface area (TPSA) is 38.7 Å². The zero-order valence-corrected chi connectivity index (χ0v) is 15.4. The average Bonchev–Trinajstić information content (AvgIpc) is 2.49. The second-order valence-corrected chi connectivity index (χ2v) is 8.16. The number of benzene rings is 1. The van der Waals surface area contributed by atoms with Gasteiger partial charge in [0.1, 0.15) is 16.7 Å². The van der Waals surface area contributed by atoms with Crippen molar-refractivity contribution in [3.63, 3.8) is 0 Å². The van der Waals surface area contributed by atoms with E-state index < -0.39 is 15.7 Å². The summed E-state index contributed by atoms with van der Waals surface area (Å²) in [5.41, 5.74) is 2.43. The first-order chi connectivity index (χ1) is 10.3. The summed E-state index contributed by atoms with van der Waals surface area (Å²) in [4.78, 5) is 0. The van der Waals surface area contributed by atoms with E-state index in [1.54, 1.807) is 24.9 Å². The quantitative estimate of drug-likeness (QED) is 0.571. The maximum absolute atomic E-state index is 12.4. The molecule has 0 aromatic heterocycles. The first-order valence-electron chi connectivity index (χ1n) is 6.84. The summed E-state index contributed by atoms with van der Waals surface area (Å²) >= 11 is 1.56. The van der Waals surface area contributed by atoms with E-state index in [9.17, 15) is 4.21 Å². The second kappa shape index (κ2) is 8.34. The summed E-state index contributed by atoms with van der Waals surface area (Å²) < 4.78 is 21.7. The first-order valence-corrected chi connectivity index (χ1v) is 9.23. The van der Waals surface area contributed by atoms with Crippen molar-refractivity contribution >= 4 is 28.5 Å². The van der Waals surface area contributed by atoms with Gasteiger partial charge < -0.3 is 4.74 Å². The zero-order valence-electron chi connectivity index (χ0n) is 13.8. The Kier molecular flexibility index (Phi) is 7.10. The zero-order chi connectivity index (χ0) is 16.8. The summed E-state index contributed by atoms with van der Waals surface area (Å²) in [6.45, 7) is 9.56. The molecule has 0 aliphatic carbocycles. The van der Waals surface area contributed by atoms with Crippen molar-refractivity contribution in [3.05, 3.63) is 53.5 Å². The van der Waals surface area contributed by atoms with Gasteiger partial charge in [-0.3, -0.25) is 0 Å². The lowest BCUT2D eigenvalue weighted by Crippen LogP contribution is -2.21. The van der Waals surface area contributed by atoms with Crippen LogP contribution in [0.15, 0.2) is 52.3 Å². The van der Waals surface area contributed by atoms with Gasteiger partial charge in [0.2, 0.25) is 0 Å². The molecule has 1 rings (SSSR count). The van der Waals surface area contributed by atoms with Crippen LogP contribution < -0.4 is 4.74 Å². The largest absolute Gasteiger partial charge is 0.497 e. The molecule has 0 fully saturated rings. The third-order valence-corrected chi connectivity index (χ3v) is 4.69. The molecule has 1 unspecified atom stereocenters. The van der Waals surface area contributed by atoms with Crippen LogP contribution in [0.3, 0.4) is 0 Å². The highest BCUT2D eigenvalue weighted by Gasteiger charge is 2.21. The van der Waals surface area contributed by atoms with Crippen LogP contribution in [0.1, 0.15) is 26.3 Å². The van der Waals surface area contributed by atoms with Crippen LogP contribution in [0.25, 0.3) is 0 Å². The number of ether oxygens (including phenoxy) is 1. The molecule has 0 heterocycles. The summed E-state index contributed by atoms with van der Waals surface area (Å²) in [6, 6.07) is 7.56. The molecule has 1 aromatic rings. The summed E-state index contributed by atoms with van der Waals surface area (Å²) in [5.74, 6) is 0.772. The lowest BCUT2D eigenvalue weighted by atomic mass is 10.0. The van der Waals surface area contributed by atoms with Gasteiger partial charge in [-0.15, -0.1) is 11.8 Å². The number of allylic oxidation sites excluding steroid dienone is 2. The molecule has 0 N–H and O–H groups in total. The van der Waals surface area contributed by atoms with E-state index in [2.05, 4.69) is 11.0 Å². The van der Waals surface area contributed by atoms with Gasteiger partial charge in [0, 0.05) is 11.1 Å². The molecule has 1 atom stereocenters. The normalized spacial score (nSPS) is 14.6. The SMILES string of the molecule is C=CC(=C\SC)/C(=N\S(=O)C(C)(C)C)c1ccc(OC)cc1. The van der Waals surface area contributed by atoms with Crippen LogP contribution in [-0.4, -0.2) is 28.0 Å². The minimum absolute atomic E-state index is 0.413. The smallest absolute Gasteiger partial charge is 0.145 e. The van der Waals surface area contributed by atoms with Crippen LogP contribution >= 0.6 is 11.8 Å². The van der Waals surface area contributed by atoms with E-state index in [0.717, 1.165) is 16.9 Å². The highest BCUT2D eigenvalue weighted by molar-refractivity contribution is 8.01. The van der Waals surface area contributed by atoms with Crippen molar-refractivity contribution in [1.29, 1.82) is 0 Å². The molecule has 0 aliphatic rings. The molecule has 0 amide bonds. The summed E-state index contributed by atoms with van der Waals surface area (Å²) in [7, 11) is 0.284. The molecule has 1 aromatic carbocycles. The Bertz CT molecular complexity index is 596. The van der Waals surface area contributed by atoms with E-state index >= 15 is 0 Å².